The number of nitrogen functional groups attached to an aromatic ring is 1. The minimum Gasteiger partial charge on any atom is -0.396 e. The number of pyridine rings is 1. The summed E-state index contributed by atoms with van der Waals surface area (Å²) in [7, 11) is 0. The van der Waals surface area contributed by atoms with Gasteiger partial charge in [0.05, 0.1) is 29.5 Å². The Hall–Kier alpha value is -2.05. The van der Waals surface area contributed by atoms with E-state index in [9.17, 15) is 13.2 Å². The summed E-state index contributed by atoms with van der Waals surface area (Å²) in [5, 5.41) is 4.04. The molecule has 0 radical (unpaired) electrons. The fourth-order valence-electron chi connectivity index (χ4n) is 1.29. The van der Waals surface area contributed by atoms with Crippen molar-refractivity contribution < 1.29 is 13.2 Å². The summed E-state index contributed by atoms with van der Waals surface area (Å²) in [6, 6.07) is 2.20. The van der Waals surface area contributed by atoms with E-state index in [1.807, 2.05) is 0 Å². The molecule has 2 N–H and O–H groups in total. The molecule has 0 atom stereocenters. The molecule has 0 unspecified atom stereocenters. The molecule has 2 rings (SSSR count). The van der Waals surface area contributed by atoms with E-state index < -0.39 is 11.9 Å². The topological polar surface area (TPSA) is 56.7 Å². The zero-order valence-electron chi connectivity index (χ0n) is 8.86. The summed E-state index contributed by atoms with van der Waals surface area (Å²) in [5.41, 5.74) is 6.18. The Labute approximate surface area is 94.9 Å². The number of rotatable bonds is 1. The van der Waals surface area contributed by atoms with Gasteiger partial charge < -0.3 is 5.73 Å². The number of halogens is 3. The number of aromatic nitrogens is 3. The third kappa shape index (κ3) is 2.22. The second-order valence-electron chi connectivity index (χ2n) is 3.51. The van der Waals surface area contributed by atoms with Gasteiger partial charge >= 0.3 is 6.18 Å². The van der Waals surface area contributed by atoms with E-state index in [0.29, 0.717) is 17.1 Å². The minimum atomic E-state index is -4.43. The molecule has 0 saturated carbocycles. The zero-order chi connectivity index (χ0) is 12.6. The monoisotopic (exact) mass is 242 g/mol. The summed E-state index contributed by atoms with van der Waals surface area (Å²) in [6.45, 7) is 1.71. The van der Waals surface area contributed by atoms with Crippen molar-refractivity contribution >= 4 is 5.69 Å². The number of hydrogen-bond acceptors (Lipinski definition) is 3. The van der Waals surface area contributed by atoms with Crippen LogP contribution < -0.4 is 5.73 Å². The standard InChI is InChI=1S/C10H9F3N4/c1-6-8(14)5-17(16-6)7-2-3-9(15-4-7)10(11,12)13/h2-5H,14H2,1H3. The molecule has 0 aliphatic heterocycles. The van der Waals surface area contributed by atoms with Crippen molar-refractivity contribution in [2.45, 2.75) is 13.1 Å². The van der Waals surface area contributed by atoms with E-state index in [0.717, 1.165) is 12.3 Å². The molecule has 0 spiro atoms. The van der Waals surface area contributed by atoms with Crippen LogP contribution in [0.25, 0.3) is 5.69 Å². The zero-order valence-corrected chi connectivity index (χ0v) is 8.86. The van der Waals surface area contributed by atoms with Gasteiger partial charge in [0.2, 0.25) is 0 Å². The molecule has 2 aromatic rings. The van der Waals surface area contributed by atoms with Crippen molar-refractivity contribution in [2.24, 2.45) is 0 Å². The maximum Gasteiger partial charge on any atom is 0.433 e. The Kier molecular flexibility index (Phi) is 2.53. The quantitative estimate of drug-likeness (QED) is 0.833. The van der Waals surface area contributed by atoms with Crippen LogP contribution in [0.3, 0.4) is 0 Å². The van der Waals surface area contributed by atoms with Crippen LogP contribution in [0.1, 0.15) is 11.4 Å². The second kappa shape index (κ2) is 3.76. The van der Waals surface area contributed by atoms with Gasteiger partial charge in [-0.05, 0) is 19.1 Å². The first-order valence-corrected chi connectivity index (χ1v) is 4.73. The number of nitrogens with zero attached hydrogens (tertiary/aromatic N) is 3. The Morgan fingerprint density at radius 2 is 2.00 bits per heavy atom. The molecule has 0 aliphatic rings. The highest BCUT2D eigenvalue weighted by molar-refractivity contribution is 5.43. The molecule has 0 aliphatic carbocycles. The first-order chi connectivity index (χ1) is 7.88. The molecule has 90 valence electrons. The van der Waals surface area contributed by atoms with Crippen molar-refractivity contribution in [3.8, 4) is 5.69 Å². The lowest BCUT2D eigenvalue weighted by Gasteiger charge is -2.06. The molecule has 0 amide bonds. The van der Waals surface area contributed by atoms with Crippen LogP contribution in [0.4, 0.5) is 18.9 Å². The summed E-state index contributed by atoms with van der Waals surface area (Å²) >= 11 is 0. The second-order valence-corrected chi connectivity index (χ2v) is 3.51. The van der Waals surface area contributed by atoms with Crippen LogP contribution in [0.5, 0.6) is 0 Å². The van der Waals surface area contributed by atoms with Crippen LogP contribution in [-0.4, -0.2) is 14.8 Å². The highest BCUT2D eigenvalue weighted by atomic mass is 19.4. The maximum absolute atomic E-state index is 12.3. The Bertz CT molecular complexity index is 508. The SMILES string of the molecule is Cc1nn(-c2ccc(C(F)(F)F)nc2)cc1N. The van der Waals surface area contributed by atoms with E-state index in [-0.39, 0.29) is 0 Å². The average molecular weight is 242 g/mol. The molecule has 0 aromatic carbocycles. The molecule has 2 aromatic heterocycles. The number of anilines is 1. The Morgan fingerprint density at radius 3 is 2.41 bits per heavy atom. The van der Waals surface area contributed by atoms with E-state index in [2.05, 4.69) is 10.1 Å². The number of alkyl halides is 3. The highest BCUT2D eigenvalue weighted by Crippen LogP contribution is 2.27. The third-order valence-electron chi connectivity index (χ3n) is 2.24. The van der Waals surface area contributed by atoms with Gasteiger partial charge in [0.1, 0.15) is 5.69 Å². The minimum absolute atomic E-state index is 0.429. The van der Waals surface area contributed by atoms with Crippen molar-refractivity contribution in [2.75, 3.05) is 5.73 Å². The third-order valence-corrected chi connectivity index (χ3v) is 2.24. The summed E-state index contributed by atoms with van der Waals surface area (Å²) in [5.74, 6) is 0. The summed E-state index contributed by atoms with van der Waals surface area (Å²) in [4.78, 5) is 3.34. The molecule has 0 fully saturated rings. The van der Waals surface area contributed by atoms with Gasteiger partial charge in [-0.15, -0.1) is 0 Å². The Balaban J connectivity index is 2.36. The van der Waals surface area contributed by atoms with Crippen molar-refractivity contribution in [1.82, 2.24) is 14.8 Å². The largest absolute Gasteiger partial charge is 0.433 e. The predicted molar refractivity (Wildman–Crippen MR) is 55.5 cm³/mol. The molecular weight excluding hydrogens is 233 g/mol. The van der Waals surface area contributed by atoms with Gasteiger partial charge in [-0.3, -0.25) is 0 Å². The van der Waals surface area contributed by atoms with E-state index in [1.165, 1.54) is 16.9 Å². The number of hydrogen-bond donors (Lipinski definition) is 1. The van der Waals surface area contributed by atoms with Crippen LogP contribution in [0.2, 0.25) is 0 Å². The normalized spacial score (nSPS) is 11.8. The summed E-state index contributed by atoms with van der Waals surface area (Å²) in [6.07, 6.45) is -1.80. The van der Waals surface area contributed by atoms with Gasteiger partial charge in [0.25, 0.3) is 0 Å². The fraction of sp³-hybridized carbons (Fsp3) is 0.200. The smallest absolute Gasteiger partial charge is 0.396 e. The first kappa shape index (κ1) is 11.4. The molecule has 0 saturated heterocycles. The van der Waals surface area contributed by atoms with Gasteiger partial charge in [-0.2, -0.15) is 18.3 Å². The van der Waals surface area contributed by atoms with E-state index in [4.69, 9.17) is 5.73 Å². The highest BCUT2D eigenvalue weighted by Gasteiger charge is 2.32. The first-order valence-electron chi connectivity index (χ1n) is 4.73. The lowest BCUT2D eigenvalue weighted by Crippen LogP contribution is -2.08. The van der Waals surface area contributed by atoms with Crippen LogP contribution in [-0.2, 0) is 6.18 Å². The molecule has 4 nitrogen and oxygen atoms in total. The Morgan fingerprint density at radius 1 is 1.29 bits per heavy atom. The molecule has 0 bridgehead atoms. The van der Waals surface area contributed by atoms with Crippen molar-refractivity contribution in [3.63, 3.8) is 0 Å². The number of nitrogens with two attached hydrogens (primary N) is 1. The van der Waals surface area contributed by atoms with Gasteiger partial charge in [-0.25, -0.2) is 9.67 Å². The lowest BCUT2D eigenvalue weighted by molar-refractivity contribution is -0.141. The predicted octanol–water partition coefficient (Wildman–Crippen LogP) is 2.18. The van der Waals surface area contributed by atoms with Gasteiger partial charge in [-0.1, -0.05) is 0 Å². The van der Waals surface area contributed by atoms with Crippen LogP contribution in [0, 0.1) is 6.92 Å². The van der Waals surface area contributed by atoms with E-state index in [1.54, 1.807) is 6.92 Å². The van der Waals surface area contributed by atoms with Gasteiger partial charge in [0.15, 0.2) is 0 Å². The lowest BCUT2D eigenvalue weighted by atomic mass is 10.3. The van der Waals surface area contributed by atoms with Crippen molar-refractivity contribution in [3.05, 3.63) is 35.9 Å². The molecule has 17 heavy (non-hydrogen) atoms. The maximum atomic E-state index is 12.3. The molecule has 2 heterocycles. The summed E-state index contributed by atoms with van der Waals surface area (Å²) < 4.78 is 38.2. The van der Waals surface area contributed by atoms with Crippen LogP contribution in [0.15, 0.2) is 24.5 Å². The van der Waals surface area contributed by atoms with E-state index >= 15 is 0 Å². The molecular formula is C10H9F3N4. The van der Waals surface area contributed by atoms with Crippen molar-refractivity contribution in [1.29, 1.82) is 0 Å². The molecule has 7 heteroatoms. The fourth-order valence-corrected chi connectivity index (χ4v) is 1.29. The van der Waals surface area contributed by atoms with Gasteiger partial charge in [0, 0.05) is 0 Å². The van der Waals surface area contributed by atoms with Crippen LogP contribution >= 0.6 is 0 Å². The number of aryl methyl sites for hydroxylation is 1. The average Bonchev–Trinajstić information content (AvgIpc) is 2.58.